The second-order valence-corrected chi connectivity index (χ2v) is 13.3. The average molecular weight is 623 g/mol. The number of hydrogen-bond donors (Lipinski definition) is 0. The molecule has 0 saturated carbocycles. The molecular weight excluding hydrogens is 593 g/mol. The summed E-state index contributed by atoms with van der Waals surface area (Å²) in [6.45, 7) is 4.57. The molecule has 6 aromatic carbocycles. The van der Waals surface area contributed by atoms with Crippen LogP contribution in [0.3, 0.4) is 0 Å². The molecule has 224 valence electrons. The fourth-order valence-corrected chi connectivity index (χ4v) is 8.25. The van der Waals surface area contributed by atoms with Crippen molar-refractivity contribution in [3.8, 4) is 39.9 Å². The summed E-state index contributed by atoms with van der Waals surface area (Å²) in [6.07, 6.45) is 0. The Morgan fingerprint density at radius 1 is 0.468 bits per heavy atom. The molecule has 0 saturated heterocycles. The number of hydrogen-bond acceptors (Lipinski definition) is 4. The first-order valence-electron chi connectivity index (χ1n) is 16.0. The van der Waals surface area contributed by atoms with Crippen molar-refractivity contribution < 1.29 is 0 Å². The van der Waals surface area contributed by atoms with Gasteiger partial charge in [-0.05, 0) is 41.8 Å². The van der Waals surface area contributed by atoms with Gasteiger partial charge in [0, 0.05) is 48.6 Å². The molecule has 0 bridgehead atoms. The highest BCUT2D eigenvalue weighted by Crippen LogP contribution is 2.44. The summed E-state index contributed by atoms with van der Waals surface area (Å²) in [4.78, 5) is 14.8. The Hall–Kier alpha value is -5.65. The van der Waals surface area contributed by atoms with Crippen molar-refractivity contribution >= 4 is 53.3 Å². The highest BCUT2D eigenvalue weighted by Gasteiger charge is 2.19. The zero-order chi connectivity index (χ0) is 31.5. The van der Waals surface area contributed by atoms with E-state index in [9.17, 15) is 0 Å². The van der Waals surface area contributed by atoms with E-state index < -0.39 is 0 Å². The van der Waals surface area contributed by atoms with E-state index in [1.165, 1.54) is 47.5 Å². The monoisotopic (exact) mass is 622 g/mol. The lowest BCUT2D eigenvalue weighted by atomic mass is 10.0. The molecule has 3 aromatic heterocycles. The second kappa shape index (κ2) is 11.0. The average Bonchev–Trinajstić information content (AvgIpc) is 3.68. The number of rotatable bonds is 5. The SMILES string of the molecule is CC(C)c1cccc2c1sc1c2ccc2c3ccccc3n(-c3ccc(-c4nc(-c5ccccc5)nc(-c5ccccc5)n4)cc3)c21. The number of nitrogens with zero attached hydrogens (tertiary/aromatic N) is 4. The molecule has 0 aliphatic carbocycles. The topological polar surface area (TPSA) is 43.6 Å². The van der Waals surface area contributed by atoms with Crippen LogP contribution >= 0.6 is 11.3 Å². The van der Waals surface area contributed by atoms with Gasteiger partial charge in [-0.15, -0.1) is 11.3 Å². The third-order valence-electron chi connectivity index (χ3n) is 9.04. The second-order valence-electron chi connectivity index (χ2n) is 12.3. The number of benzene rings is 6. The molecule has 0 spiro atoms. The van der Waals surface area contributed by atoms with Crippen molar-refractivity contribution in [3.63, 3.8) is 0 Å². The maximum Gasteiger partial charge on any atom is 0.164 e. The number of fused-ring (bicyclic) bond motifs is 7. The summed E-state index contributed by atoms with van der Waals surface area (Å²) in [7, 11) is 0. The van der Waals surface area contributed by atoms with Gasteiger partial charge >= 0.3 is 0 Å². The largest absolute Gasteiger partial charge is 0.308 e. The van der Waals surface area contributed by atoms with Crippen LogP contribution in [0.1, 0.15) is 25.3 Å². The number of aromatic nitrogens is 4. The third-order valence-corrected chi connectivity index (χ3v) is 10.3. The quantitative estimate of drug-likeness (QED) is 0.192. The molecule has 5 heteroatoms. The van der Waals surface area contributed by atoms with E-state index in [1.54, 1.807) is 0 Å². The fraction of sp³-hybridized carbons (Fsp3) is 0.0714. The minimum Gasteiger partial charge on any atom is -0.308 e. The Labute approximate surface area is 276 Å². The summed E-state index contributed by atoms with van der Waals surface area (Å²) < 4.78 is 5.14. The molecule has 3 heterocycles. The summed E-state index contributed by atoms with van der Waals surface area (Å²) in [6, 6.07) is 49.0. The highest BCUT2D eigenvalue weighted by atomic mass is 32.1. The van der Waals surface area contributed by atoms with Gasteiger partial charge in [0.05, 0.1) is 15.7 Å². The molecule has 0 aliphatic rings. The normalized spacial score (nSPS) is 11.8. The molecule has 4 nitrogen and oxygen atoms in total. The molecule has 9 rings (SSSR count). The van der Waals surface area contributed by atoms with Crippen LogP contribution in [0.4, 0.5) is 0 Å². The Morgan fingerprint density at radius 2 is 1.00 bits per heavy atom. The van der Waals surface area contributed by atoms with E-state index in [-0.39, 0.29) is 0 Å². The van der Waals surface area contributed by atoms with Crippen molar-refractivity contribution in [1.82, 2.24) is 19.5 Å². The molecule has 9 aromatic rings. The zero-order valence-corrected chi connectivity index (χ0v) is 26.9. The molecule has 0 radical (unpaired) electrons. The first kappa shape index (κ1) is 27.6. The van der Waals surface area contributed by atoms with Crippen LogP contribution in [-0.2, 0) is 0 Å². The first-order chi connectivity index (χ1) is 23.1. The smallest absolute Gasteiger partial charge is 0.164 e. The van der Waals surface area contributed by atoms with E-state index in [4.69, 9.17) is 15.0 Å². The van der Waals surface area contributed by atoms with E-state index in [2.05, 4.69) is 97.3 Å². The summed E-state index contributed by atoms with van der Waals surface area (Å²) in [5.41, 5.74) is 7.83. The number of thiophene rings is 1. The molecular formula is C42H30N4S. The third kappa shape index (κ3) is 4.54. The van der Waals surface area contributed by atoms with Crippen molar-refractivity contribution in [2.75, 3.05) is 0 Å². The molecule has 0 aliphatic heterocycles. The van der Waals surface area contributed by atoms with Crippen LogP contribution in [0.25, 0.3) is 81.8 Å². The maximum absolute atomic E-state index is 4.95. The van der Waals surface area contributed by atoms with Crippen molar-refractivity contribution in [2.24, 2.45) is 0 Å². The Morgan fingerprint density at radius 3 is 1.64 bits per heavy atom. The van der Waals surface area contributed by atoms with Gasteiger partial charge in [-0.2, -0.15) is 0 Å². The summed E-state index contributed by atoms with van der Waals surface area (Å²) in [5, 5.41) is 5.18. The van der Waals surface area contributed by atoms with Crippen LogP contribution in [0.15, 0.2) is 140 Å². The molecule has 0 atom stereocenters. The molecule has 0 unspecified atom stereocenters. The van der Waals surface area contributed by atoms with Gasteiger partial charge in [0.25, 0.3) is 0 Å². The van der Waals surface area contributed by atoms with Crippen LogP contribution in [0, 0.1) is 0 Å². The standard InChI is InChI=1S/C42H30N4S/c1-26(2)31-17-11-18-34-35-25-24-33-32-16-9-10-19-36(32)46(37(33)39(35)47-38(31)34)30-22-20-29(21-23-30)42-44-40(27-12-5-3-6-13-27)43-41(45-42)28-14-7-4-8-15-28/h3-26H,1-2H3. The molecule has 0 amide bonds. The van der Waals surface area contributed by atoms with E-state index in [0.29, 0.717) is 23.4 Å². The van der Waals surface area contributed by atoms with Gasteiger partial charge in [-0.25, -0.2) is 15.0 Å². The minimum atomic E-state index is 0.459. The van der Waals surface area contributed by atoms with Crippen LogP contribution in [0.2, 0.25) is 0 Å². The van der Waals surface area contributed by atoms with E-state index >= 15 is 0 Å². The zero-order valence-electron chi connectivity index (χ0n) is 26.1. The Balaban J connectivity index is 1.24. The lowest BCUT2D eigenvalue weighted by Crippen LogP contribution is -2.00. The van der Waals surface area contributed by atoms with E-state index in [1.807, 2.05) is 72.0 Å². The van der Waals surface area contributed by atoms with Gasteiger partial charge in [-0.1, -0.05) is 123 Å². The van der Waals surface area contributed by atoms with Gasteiger partial charge in [0.2, 0.25) is 0 Å². The maximum atomic E-state index is 4.95. The van der Waals surface area contributed by atoms with Crippen LogP contribution in [0.5, 0.6) is 0 Å². The van der Waals surface area contributed by atoms with Gasteiger partial charge in [0.1, 0.15) is 0 Å². The van der Waals surface area contributed by atoms with Gasteiger partial charge in [0.15, 0.2) is 17.5 Å². The van der Waals surface area contributed by atoms with Gasteiger partial charge in [-0.3, -0.25) is 0 Å². The van der Waals surface area contributed by atoms with E-state index in [0.717, 1.165) is 22.4 Å². The molecule has 0 fully saturated rings. The van der Waals surface area contributed by atoms with Gasteiger partial charge < -0.3 is 4.57 Å². The predicted octanol–water partition coefficient (Wildman–Crippen LogP) is 11.5. The Bertz CT molecular complexity index is 2520. The number of para-hydroxylation sites is 1. The van der Waals surface area contributed by atoms with Crippen molar-refractivity contribution in [3.05, 3.63) is 145 Å². The molecule has 47 heavy (non-hydrogen) atoms. The summed E-state index contributed by atoms with van der Waals surface area (Å²) >= 11 is 1.92. The predicted molar refractivity (Wildman–Crippen MR) is 197 cm³/mol. The fourth-order valence-electron chi connectivity index (χ4n) is 6.75. The van der Waals surface area contributed by atoms with Crippen molar-refractivity contribution in [1.29, 1.82) is 0 Å². The highest BCUT2D eigenvalue weighted by molar-refractivity contribution is 7.26. The van der Waals surface area contributed by atoms with Crippen LogP contribution < -0.4 is 0 Å². The lowest BCUT2D eigenvalue weighted by molar-refractivity contribution is 0.878. The van der Waals surface area contributed by atoms with Crippen molar-refractivity contribution in [2.45, 2.75) is 19.8 Å². The molecule has 0 N–H and O–H groups in total. The van der Waals surface area contributed by atoms with Crippen LogP contribution in [-0.4, -0.2) is 19.5 Å². The minimum absolute atomic E-state index is 0.459. The summed E-state index contributed by atoms with van der Waals surface area (Å²) in [5.74, 6) is 2.43. The Kier molecular flexibility index (Phi) is 6.47. The lowest BCUT2D eigenvalue weighted by Gasteiger charge is -2.11. The first-order valence-corrected chi connectivity index (χ1v) is 16.8.